The second-order valence-electron chi connectivity index (χ2n) is 3.51. The fourth-order valence-corrected chi connectivity index (χ4v) is 2.09. The maximum absolute atomic E-state index is 5.68. The van der Waals surface area contributed by atoms with E-state index in [9.17, 15) is 0 Å². The van der Waals surface area contributed by atoms with Crippen LogP contribution in [0, 0.1) is 11.8 Å². The van der Waals surface area contributed by atoms with Gasteiger partial charge in [-0.15, -0.1) is 0 Å². The molecule has 1 unspecified atom stereocenters. The summed E-state index contributed by atoms with van der Waals surface area (Å²) in [5.41, 5.74) is 6.95. The van der Waals surface area contributed by atoms with E-state index in [0.29, 0.717) is 11.8 Å². The zero-order chi connectivity index (χ0) is 9.14. The summed E-state index contributed by atoms with van der Waals surface area (Å²) >= 11 is 1.41. The van der Waals surface area contributed by atoms with E-state index in [1.165, 1.54) is 17.7 Å². The van der Waals surface area contributed by atoms with Gasteiger partial charge in [-0.3, -0.25) is 0 Å². The lowest BCUT2D eigenvalue weighted by Crippen LogP contribution is -2.15. The van der Waals surface area contributed by atoms with Crippen LogP contribution < -0.4 is 5.73 Å². The molecular formula is C9H16N2S. The molecular weight excluding hydrogens is 168 g/mol. The van der Waals surface area contributed by atoms with Crippen LogP contribution in [0.1, 0.15) is 27.2 Å². The van der Waals surface area contributed by atoms with Crippen molar-refractivity contribution in [2.45, 2.75) is 27.2 Å². The molecule has 3 heteroatoms. The summed E-state index contributed by atoms with van der Waals surface area (Å²) in [5.74, 6) is 1.07. The number of nitrogens with zero attached hydrogens (tertiary/aromatic N) is 1. The van der Waals surface area contributed by atoms with Gasteiger partial charge in [-0.05, 0) is 18.3 Å². The first-order valence-corrected chi connectivity index (χ1v) is 5.09. The smallest absolute Gasteiger partial charge is 0.0846 e. The largest absolute Gasteiger partial charge is 0.392 e. The van der Waals surface area contributed by atoms with Crippen LogP contribution in [0.15, 0.2) is 15.5 Å². The Kier molecular flexibility index (Phi) is 3.20. The highest BCUT2D eigenvalue weighted by Gasteiger charge is 2.16. The van der Waals surface area contributed by atoms with Gasteiger partial charge < -0.3 is 5.73 Å². The van der Waals surface area contributed by atoms with Crippen molar-refractivity contribution in [3.63, 3.8) is 0 Å². The lowest BCUT2D eigenvalue weighted by Gasteiger charge is -2.13. The van der Waals surface area contributed by atoms with Gasteiger partial charge in [-0.1, -0.05) is 26.8 Å². The molecule has 2 N–H and O–H groups in total. The van der Waals surface area contributed by atoms with E-state index in [2.05, 4.69) is 31.2 Å². The molecule has 1 aliphatic rings. The van der Waals surface area contributed by atoms with Gasteiger partial charge in [-0.2, -0.15) is 0 Å². The first-order chi connectivity index (χ1) is 5.61. The Labute approximate surface area is 78.5 Å². The van der Waals surface area contributed by atoms with Gasteiger partial charge in [0.1, 0.15) is 0 Å². The molecule has 0 saturated heterocycles. The highest BCUT2D eigenvalue weighted by Crippen LogP contribution is 2.24. The first kappa shape index (κ1) is 9.65. The maximum atomic E-state index is 5.68. The van der Waals surface area contributed by atoms with Crippen molar-refractivity contribution in [1.82, 2.24) is 0 Å². The average molecular weight is 184 g/mol. The van der Waals surface area contributed by atoms with Crippen molar-refractivity contribution >= 4 is 17.7 Å². The molecule has 0 amide bonds. The topological polar surface area (TPSA) is 38.4 Å². The quantitative estimate of drug-likeness (QED) is 0.636. The van der Waals surface area contributed by atoms with E-state index >= 15 is 0 Å². The standard InChI is InChI=1S/C9H16N2S/c1-6(2)9-7(3)4-5-8(10)12-11-9/h5-7H,4,10H2,1-3H3. The Hall–Kier alpha value is -0.440. The molecule has 1 aliphatic heterocycles. The normalized spacial score (nSPS) is 24.8. The summed E-state index contributed by atoms with van der Waals surface area (Å²) in [7, 11) is 0. The maximum Gasteiger partial charge on any atom is 0.0846 e. The molecule has 0 aromatic carbocycles. The highest BCUT2D eigenvalue weighted by molar-refractivity contribution is 8.01. The molecule has 0 bridgehead atoms. The number of hydrogen-bond acceptors (Lipinski definition) is 3. The molecule has 2 nitrogen and oxygen atoms in total. The van der Waals surface area contributed by atoms with E-state index in [1.807, 2.05) is 0 Å². The zero-order valence-electron chi connectivity index (χ0n) is 7.87. The lowest BCUT2D eigenvalue weighted by atomic mass is 9.93. The molecule has 0 aromatic rings. The third kappa shape index (κ3) is 2.27. The van der Waals surface area contributed by atoms with E-state index in [4.69, 9.17) is 5.73 Å². The molecule has 0 radical (unpaired) electrons. The third-order valence-corrected chi connectivity index (χ3v) is 2.71. The number of nitrogens with two attached hydrogens (primary N) is 1. The van der Waals surface area contributed by atoms with Crippen LogP contribution >= 0.6 is 11.9 Å². The Morgan fingerprint density at radius 1 is 1.67 bits per heavy atom. The van der Waals surface area contributed by atoms with Gasteiger partial charge in [-0.25, -0.2) is 4.40 Å². The Balaban J connectivity index is 2.76. The predicted octanol–water partition coefficient (Wildman–Crippen LogP) is 2.57. The van der Waals surface area contributed by atoms with Gasteiger partial charge in [0.25, 0.3) is 0 Å². The first-order valence-electron chi connectivity index (χ1n) is 4.31. The minimum absolute atomic E-state index is 0.534. The zero-order valence-corrected chi connectivity index (χ0v) is 8.69. The summed E-state index contributed by atoms with van der Waals surface area (Å²) in [4.78, 5) is 0. The van der Waals surface area contributed by atoms with E-state index in [1.54, 1.807) is 0 Å². The molecule has 1 heterocycles. The fourth-order valence-electron chi connectivity index (χ4n) is 1.32. The van der Waals surface area contributed by atoms with E-state index in [-0.39, 0.29) is 0 Å². The van der Waals surface area contributed by atoms with E-state index in [0.717, 1.165) is 11.4 Å². The molecule has 0 aromatic heterocycles. The third-order valence-electron chi connectivity index (χ3n) is 2.03. The molecule has 68 valence electrons. The summed E-state index contributed by atoms with van der Waals surface area (Å²) < 4.78 is 4.42. The number of rotatable bonds is 1. The van der Waals surface area contributed by atoms with Crippen molar-refractivity contribution in [1.29, 1.82) is 0 Å². The van der Waals surface area contributed by atoms with Gasteiger partial charge in [0.15, 0.2) is 0 Å². The molecule has 0 saturated carbocycles. The molecule has 0 aliphatic carbocycles. The van der Waals surface area contributed by atoms with Crippen molar-refractivity contribution in [3.05, 3.63) is 11.1 Å². The lowest BCUT2D eigenvalue weighted by molar-refractivity contribution is 0.720. The Morgan fingerprint density at radius 2 is 2.33 bits per heavy atom. The van der Waals surface area contributed by atoms with E-state index < -0.39 is 0 Å². The van der Waals surface area contributed by atoms with Gasteiger partial charge >= 0.3 is 0 Å². The molecule has 1 rings (SSSR count). The van der Waals surface area contributed by atoms with Crippen molar-refractivity contribution < 1.29 is 0 Å². The minimum atomic E-state index is 0.534. The predicted molar refractivity (Wildman–Crippen MR) is 55.9 cm³/mol. The SMILES string of the molecule is CC(C)C1=NSC(N)=CCC1C. The highest BCUT2D eigenvalue weighted by atomic mass is 32.2. The average Bonchev–Trinajstić information content (AvgIpc) is 2.14. The molecule has 12 heavy (non-hydrogen) atoms. The van der Waals surface area contributed by atoms with Crippen LogP contribution in [-0.2, 0) is 0 Å². The minimum Gasteiger partial charge on any atom is -0.392 e. The Bertz CT molecular complexity index is 219. The van der Waals surface area contributed by atoms with Gasteiger partial charge in [0.2, 0.25) is 0 Å². The van der Waals surface area contributed by atoms with Crippen LogP contribution in [-0.4, -0.2) is 5.71 Å². The van der Waals surface area contributed by atoms with Gasteiger partial charge in [0, 0.05) is 17.7 Å². The summed E-state index contributed by atoms with van der Waals surface area (Å²) in [6.07, 6.45) is 3.09. The number of allylic oxidation sites excluding steroid dienone is 1. The molecule has 1 atom stereocenters. The Morgan fingerprint density at radius 3 is 2.92 bits per heavy atom. The van der Waals surface area contributed by atoms with Crippen molar-refractivity contribution in [2.24, 2.45) is 22.0 Å². The van der Waals surface area contributed by atoms with Crippen LogP contribution in [0.3, 0.4) is 0 Å². The van der Waals surface area contributed by atoms with Crippen LogP contribution in [0.4, 0.5) is 0 Å². The second-order valence-corrected chi connectivity index (χ2v) is 4.34. The number of hydrogen-bond donors (Lipinski definition) is 1. The summed E-state index contributed by atoms with van der Waals surface area (Å²) in [5, 5.41) is 0.831. The second kappa shape index (κ2) is 3.99. The van der Waals surface area contributed by atoms with Gasteiger partial charge in [0.05, 0.1) is 5.03 Å². The van der Waals surface area contributed by atoms with Crippen LogP contribution in [0.2, 0.25) is 0 Å². The van der Waals surface area contributed by atoms with Crippen LogP contribution in [0.5, 0.6) is 0 Å². The van der Waals surface area contributed by atoms with Crippen LogP contribution in [0.25, 0.3) is 0 Å². The summed E-state index contributed by atoms with van der Waals surface area (Å²) in [6.45, 7) is 6.56. The van der Waals surface area contributed by atoms with Crippen molar-refractivity contribution in [2.75, 3.05) is 0 Å². The van der Waals surface area contributed by atoms with Crippen molar-refractivity contribution in [3.8, 4) is 0 Å². The molecule has 0 fully saturated rings. The monoisotopic (exact) mass is 184 g/mol. The fraction of sp³-hybridized carbons (Fsp3) is 0.667. The summed E-state index contributed by atoms with van der Waals surface area (Å²) in [6, 6.07) is 0. The molecule has 0 spiro atoms.